The van der Waals surface area contributed by atoms with Crippen molar-refractivity contribution >= 4 is 18.1 Å². The van der Waals surface area contributed by atoms with Crippen molar-refractivity contribution < 1.29 is 50.3 Å². The Morgan fingerprint density at radius 3 is 2.58 bits per heavy atom. The van der Waals surface area contributed by atoms with Crippen LogP contribution in [-0.4, -0.2) is 82.3 Å². The highest BCUT2D eigenvalue weighted by Gasteiger charge is 2.48. The predicted molar refractivity (Wildman–Crippen MR) is 106 cm³/mol. The van der Waals surface area contributed by atoms with Crippen LogP contribution in [0, 0.1) is 0 Å². The van der Waals surface area contributed by atoms with E-state index in [1.165, 1.54) is 12.1 Å². The fourth-order valence-electron chi connectivity index (χ4n) is 2.84. The van der Waals surface area contributed by atoms with Crippen molar-refractivity contribution in [3.05, 3.63) is 23.8 Å². The van der Waals surface area contributed by atoms with Gasteiger partial charge in [-0.15, -0.1) is 0 Å². The van der Waals surface area contributed by atoms with Crippen LogP contribution in [0.1, 0.15) is 27.7 Å². The molecule has 1 aliphatic rings. The molecular weight excluding hydrogens is 414 g/mol. The van der Waals surface area contributed by atoms with Gasteiger partial charge in [-0.25, -0.2) is 4.79 Å². The summed E-state index contributed by atoms with van der Waals surface area (Å²) in [6, 6.07) is 4.57. The van der Waals surface area contributed by atoms with E-state index in [1.54, 1.807) is 6.07 Å². The van der Waals surface area contributed by atoms with Crippen LogP contribution in [0.5, 0.6) is 5.75 Å². The van der Waals surface area contributed by atoms with Crippen molar-refractivity contribution in [2.24, 2.45) is 0 Å². The van der Waals surface area contributed by atoms with Crippen molar-refractivity contribution in [2.45, 2.75) is 63.7 Å². The molecule has 1 fully saturated rings. The largest absolute Gasteiger partial charge is 0.479 e. The average molecular weight is 444 g/mol. The predicted octanol–water partition coefficient (Wildman–Crippen LogP) is -0.142. The molecule has 0 aromatic heterocycles. The minimum atomic E-state index is -1.84. The Morgan fingerprint density at radius 1 is 1.26 bits per heavy atom. The fraction of sp³-hybridized carbons (Fsp3) is 0.600. The molecule has 0 unspecified atom stereocenters. The van der Waals surface area contributed by atoms with Crippen LogP contribution >= 0.6 is 0 Å². The van der Waals surface area contributed by atoms with Crippen LogP contribution in [0.2, 0.25) is 0 Å². The number of carbonyl (C=O) groups is 2. The number of carboxylic acids is 1. The van der Waals surface area contributed by atoms with Crippen LogP contribution in [0.4, 0.5) is 5.69 Å². The first-order valence-corrected chi connectivity index (χ1v) is 9.62. The van der Waals surface area contributed by atoms with Crippen LogP contribution < -0.4 is 10.1 Å². The molecule has 0 saturated carbocycles. The van der Waals surface area contributed by atoms with Crippen molar-refractivity contribution in [3.8, 4) is 5.75 Å². The first-order chi connectivity index (χ1) is 14.9. The van der Waals surface area contributed by atoms with E-state index in [9.17, 15) is 30.0 Å². The number of ether oxygens (including phenoxy) is 4. The van der Waals surface area contributed by atoms with Crippen molar-refractivity contribution in [3.63, 3.8) is 0 Å². The number of hydrogen-bond acceptors (Lipinski definition) is 10. The molecule has 0 radical (unpaired) electrons. The molecule has 5 N–H and O–H groups in total. The molecule has 174 valence electrons. The molecule has 0 amide bonds. The summed E-state index contributed by atoms with van der Waals surface area (Å²) >= 11 is 0. The lowest BCUT2D eigenvalue weighted by molar-refractivity contribution is -0.271. The van der Waals surface area contributed by atoms with Gasteiger partial charge < -0.3 is 44.7 Å². The van der Waals surface area contributed by atoms with Gasteiger partial charge in [-0.2, -0.15) is 0 Å². The molecular formula is C20H29NO10. The lowest BCUT2D eigenvalue weighted by atomic mass is 9.99. The molecule has 11 heteroatoms. The molecule has 0 aliphatic carbocycles. The van der Waals surface area contributed by atoms with Crippen molar-refractivity contribution in [1.82, 2.24) is 0 Å². The Labute approximate surface area is 180 Å². The maximum atomic E-state index is 11.3. The SMILES string of the molecule is [2H]C(=O)OCc1ccc(O[C@@H]2O[C@H](C(=O)O)[C@@H](O)[C@H](O)[C@H]2O)c(NCCOC(C)(C)C)c1. The average Bonchev–Trinajstić information content (AvgIpc) is 2.70. The van der Waals surface area contributed by atoms with Crippen molar-refractivity contribution in [2.75, 3.05) is 18.5 Å². The topological polar surface area (TPSA) is 164 Å². The molecule has 5 atom stereocenters. The van der Waals surface area contributed by atoms with Gasteiger partial charge in [0.05, 0.1) is 17.9 Å². The first-order valence-electron chi connectivity index (χ1n) is 10.1. The second-order valence-corrected chi connectivity index (χ2v) is 7.94. The van der Waals surface area contributed by atoms with Gasteiger partial charge in [-0.1, -0.05) is 6.07 Å². The van der Waals surface area contributed by atoms with E-state index in [0.717, 1.165) is 0 Å². The summed E-state index contributed by atoms with van der Waals surface area (Å²) in [5, 5.41) is 42.2. The molecule has 2 rings (SSSR count). The molecule has 1 saturated heterocycles. The zero-order chi connectivity index (χ0) is 24.1. The minimum Gasteiger partial charge on any atom is -0.479 e. The molecule has 1 aromatic carbocycles. The van der Waals surface area contributed by atoms with Crippen LogP contribution in [0.25, 0.3) is 0 Å². The second kappa shape index (κ2) is 10.7. The third kappa shape index (κ3) is 7.04. The van der Waals surface area contributed by atoms with E-state index >= 15 is 0 Å². The number of benzene rings is 1. The van der Waals surface area contributed by atoms with Crippen molar-refractivity contribution in [1.29, 1.82) is 0 Å². The molecule has 0 bridgehead atoms. The lowest BCUT2D eigenvalue weighted by Gasteiger charge is -2.38. The van der Waals surface area contributed by atoms with E-state index < -0.39 is 43.1 Å². The molecule has 31 heavy (non-hydrogen) atoms. The maximum absolute atomic E-state index is 11.3. The minimum absolute atomic E-state index is 0.137. The molecule has 1 heterocycles. The number of nitrogens with one attached hydrogen (secondary N) is 1. The lowest BCUT2D eigenvalue weighted by Crippen LogP contribution is -2.61. The summed E-state index contributed by atoms with van der Waals surface area (Å²) in [6.07, 6.45) is -9.94. The number of carbonyl (C=O) groups excluding carboxylic acids is 1. The van der Waals surface area contributed by atoms with Gasteiger partial charge in [0, 0.05) is 6.54 Å². The normalized spacial score (nSPS) is 26.6. The number of anilines is 1. The van der Waals surface area contributed by atoms with E-state index in [4.69, 9.17) is 15.6 Å². The van der Waals surface area contributed by atoms with Gasteiger partial charge in [-0.05, 0) is 38.5 Å². The maximum Gasteiger partial charge on any atom is 0.335 e. The highest BCUT2D eigenvalue weighted by atomic mass is 16.7. The van der Waals surface area contributed by atoms with Crippen LogP contribution in [0.3, 0.4) is 0 Å². The Hall–Kier alpha value is -2.44. The smallest absolute Gasteiger partial charge is 0.335 e. The van der Waals surface area contributed by atoms with Crippen LogP contribution in [-0.2, 0) is 30.4 Å². The molecule has 1 aliphatic heterocycles. The van der Waals surface area contributed by atoms with Gasteiger partial charge in [0.1, 0.15) is 30.7 Å². The Bertz CT molecular complexity index is 799. The summed E-state index contributed by atoms with van der Waals surface area (Å²) in [6.45, 7) is 6.23. The highest BCUT2D eigenvalue weighted by molar-refractivity contribution is 5.73. The van der Waals surface area contributed by atoms with Gasteiger partial charge in [-0.3, -0.25) is 4.79 Å². The summed E-state index contributed by atoms with van der Waals surface area (Å²) in [7, 11) is 0. The molecule has 11 nitrogen and oxygen atoms in total. The van der Waals surface area contributed by atoms with Crippen LogP contribution in [0.15, 0.2) is 18.2 Å². The van der Waals surface area contributed by atoms with E-state index in [0.29, 0.717) is 24.4 Å². The van der Waals surface area contributed by atoms with Gasteiger partial charge in [0.2, 0.25) is 6.29 Å². The summed E-state index contributed by atoms with van der Waals surface area (Å²) in [4.78, 5) is 22.1. The van der Waals surface area contributed by atoms with E-state index in [1.807, 2.05) is 20.8 Å². The highest BCUT2D eigenvalue weighted by Crippen LogP contribution is 2.31. The summed E-state index contributed by atoms with van der Waals surface area (Å²) in [5.74, 6) is -1.39. The number of hydrogen-bond donors (Lipinski definition) is 5. The monoisotopic (exact) mass is 444 g/mol. The second-order valence-electron chi connectivity index (χ2n) is 7.94. The number of carboxylic acid groups (broad SMARTS) is 1. The Morgan fingerprint density at radius 2 is 1.97 bits per heavy atom. The van der Waals surface area contributed by atoms with E-state index in [2.05, 4.69) is 10.1 Å². The number of aliphatic hydroxyl groups excluding tert-OH is 3. The third-order valence-electron chi connectivity index (χ3n) is 4.35. The van der Waals surface area contributed by atoms with Gasteiger partial charge in [0.15, 0.2) is 7.47 Å². The Balaban J connectivity index is 2.20. The van der Waals surface area contributed by atoms with Gasteiger partial charge in [0.25, 0.3) is 6.45 Å². The summed E-state index contributed by atoms with van der Waals surface area (Å²) < 4.78 is 27.9. The number of aliphatic hydroxyl groups is 3. The zero-order valence-electron chi connectivity index (χ0n) is 18.5. The zero-order valence-corrected chi connectivity index (χ0v) is 17.5. The van der Waals surface area contributed by atoms with E-state index in [-0.39, 0.29) is 18.0 Å². The number of rotatable bonds is 9. The molecule has 1 aromatic rings. The first kappa shape index (κ1) is 23.2. The molecule has 0 spiro atoms. The fourth-order valence-corrected chi connectivity index (χ4v) is 2.84. The Kier molecular flexibility index (Phi) is 8.04. The third-order valence-corrected chi connectivity index (χ3v) is 4.35. The quantitative estimate of drug-likeness (QED) is 0.254. The van der Waals surface area contributed by atoms with Gasteiger partial charge >= 0.3 is 5.97 Å². The summed E-state index contributed by atoms with van der Waals surface area (Å²) in [5.41, 5.74) is 0.555. The number of aliphatic carboxylic acids is 1. The standard InChI is InChI=1S/C20H29NO10/c1-20(2,3)29-7-6-21-12-8-11(9-28-10-22)4-5-13(12)30-19-16(25)14(23)15(24)17(31-19)18(26)27/h4-5,8,10,14-17,19,21,23-25H,6-7,9H2,1-3H3,(H,26,27)/t14-,15-,16+,17-,19+/m0/s1/i10D.